The van der Waals surface area contributed by atoms with Gasteiger partial charge in [0.15, 0.2) is 6.10 Å². The molecule has 1 aromatic carbocycles. The van der Waals surface area contributed by atoms with Crippen LogP contribution < -0.4 is 0 Å². The van der Waals surface area contributed by atoms with E-state index >= 15 is 0 Å². The third kappa shape index (κ3) is 3.19. The van der Waals surface area contributed by atoms with Crippen molar-refractivity contribution >= 4 is 56.9 Å². The second-order valence-corrected chi connectivity index (χ2v) is 9.11. The summed E-state index contributed by atoms with van der Waals surface area (Å²) in [5.74, 6) is -2.05. The Kier molecular flexibility index (Phi) is 5.25. The molecule has 0 aromatic heterocycles. The van der Waals surface area contributed by atoms with Crippen LogP contribution in [0.4, 0.5) is 0 Å². The predicted molar refractivity (Wildman–Crippen MR) is 102 cm³/mol. The summed E-state index contributed by atoms with van der Waals surface area (Å²) in [6, 6.07) is 6.39. The molecule has 4 rings (SSSR count). The molecule has 5 nitrogen and oxygen atoms in total. The van der Waals surface area contributed by atoms with Crippen molar-refractivity contribution in [1.29, 1.82) is 0 Å². The molecule has 8 heteroatoms. The summed E-state index contributed by atoms with van der Waals surface area (Å²) in [7, 11) is 0. The van der Waals surface area contributed by atoms with Gasteiger partial charge in [-0.15, -0.1) is 11.6 Å². The van der Waals surface area contributed by atoms with Crippen molar-refractivity contribution in [3.05, 3.63) is 34.9 Å². The summed E-state index contributed by atoms with van der Waals surface area (Å²) in [5.41, 5.74) is 0.397. The van der Waals surface area contributed by atoms with Crippen LogP contribution in [0, 0.1) is 23.7 Å². The molecule has 2 saturated carbocycles. The van der Waals surface area contributed by atoms with Crippen LogP contribution in [0.1, 0.15) is 23.2 Å². The first-order chi connectivity index (χ1) is 12.9. The van der Waals surface area contributed by atoms with Gasteiger partial charge in [-0.25, -0.2) is 0 Å². The van der Waals surface area contributed by atoms with Crippen LogP contribution >= 0.6 is 39.1 Å². The maximum atomic E-state index is 12.9. The van der Waals surface area contributed by atoms with Crippen molar-refractivity contribution in [1.82, 2.24) is 0 Å². The Morgan fingerprint density at radius 3 is 2.63 bits per heavy atom. The average molecular weight is 476 g/mol. The molecule has 1 saturated heterocycles. The predicted octanol–water partition coefficient (Wildman–Crippen LogP) is 3.63. The molecule has 1 aliphatic heterocycles. The molecule has 1 aromatic rings. The lowest BCUT2D eigenvalue weighted by Crippen LogP contribution is -2.41. The minimum absolute atomic E-state index is 0.0220. The highest BCUT2D eigenvalue weighted by molar-refractivity contribution is 9.09. The average Bonchev–Trinajstić information content (AvgIpc) is 3.25. The number of halogens is 3. The molecule has 2 aliphatic carbocycles. The number of hydrogen-bond acceptors (Lipinski definition) is 5. The SMILES string of the molecule is O=C(O[C@@H](CCCl)C(=O)c1ccc(Cl)cc1)[C@@H]1[C@H]2C[C@H]3[C@H](OC(=O)[C@H]31)[C@H]2Br. The summed E-state index contributed by atoms with van der Waals surface area (Å²) in [6.45, 7) is 0. The Balaban J connectivity index is 1.52. The molecule has 0 unspecified atom stereocenters. The monoisotopic (exact) mass is 474 g/mol. The zero-order valence-corrected chi connectivity index (χ0v) is 17.2. The Bertz CT molecular complexity index is 783. The zero-order valence-electron chi connectivity index (χ0n) is 14.1. The van der Waals surface area contributed by atoms with Crippen LogP contribution in [0.15, 0.2) is 24.3 Å². The minimum Gasteiger partial charge on any atom is -0.461 e. The van der Waals surface area contributed by atoms with Gasteiger partial charge in [0, 0.05) is 28.8 Å². The molecule has 1 heterocycles. The first kappa shape index (κ1) is 19.2. The number of alkyl halides is 2. The third-order valence-electron chi connectivity index (χ3n) is 5.85. The summed E-state index contributed by atoms with van der Waals surface area (Å²) in [6.07, 6.45) is -0.198. The number of fused-ring (bicyclic) bond motifs is 1. The summed E-state index contributed by atoms with van der Waals surface area (Å²) < 4.78 is 11.0. The van der Waals surface area contributed by atoms with Gasteiger partial charge in [0.25, 0.3) is 0 Å². The highest BCUT2D eigenvalue weighted by Gasteiger charge is 2.68. The molecular formula is C19H17BrCl2O5. The molecule has 3 fully saturated rings. The van der Waals surface area contributed by atoms with Crippen molar-refractivity contribution in [2.24, 2.45) is 23.7 Å². The fourth-order valence-electron chi connectivity index (χ4n) is 4.66. The van der Waals surface area contributed by atoms with Crippen LogP contribution in [0.25, 0.3) is 0 Å². The van der Waals surface area contributed by atoms with Crippen LogP contribution in [-0.4, -0.2) is 40.6 Å². The van der Waals surface area contributed by atoms with E-state index in [9.17, 15) is 14.4 Å². The van der Waals surface area contributed by atoms with Crippen molar-refractivity contribution in [2.75, 3.05) is 5.88 Å². The number of carbonyl (C=O) groups is 3. The Morgan fingerprint density at radius 1 is 1.26 bits per heavy atom. The van der Waals surface area contributed by atoms with E-state index in [0.29, 0.717) is 10.6 Å². The topological polar surface area (TPSA) is 69.7 Å². The van der Waals surface area contributed by atoms with Gasteiger partial charge in [-0.1, -0.05) is 27.5 Å². The number of ether oxygens (including phenoxy) is 2. The highest BCUT2D eigenvalue weighted by Crippen LogP contribution is 2.60. The molecule has 0 radical (unpaired) electrons. The number of esters is 2. The van der Waals surface area contributed by atoms with Gasteiger partial charge in [0.1, 0.15) is 6.10 Å². The maximum absolute atomic E-state index is 12.9. The standard InChI is InChI=1S/C19H17BrCl2O5/c20-15-10-7-11-14(19(25)27-17(11)15)13(10)18(24)26-12(5-6-21)16(23)8-1-3-9(22)4-2-8/h1-4,10-15,17H,5-7H2/t10-,11-,12+,13-,14-,15+,17+/m1/s1. The largest absolute Gasteiger partial charge is 0.461 e. The van der Waals surface area contributed by atoms with Crippen LogP contribution in [0.3, 0.4) is 0 Å². The molecular weight excluding hydrogens is 459 g/mol. The smallest absolute Gasteiger partial charge is 0.310 e. The van der Waals surface area contributed by atoms with E-state index in [0.717, 1.165) is 6.42 Å². The van der Waals surface area contributed by atoms with Gasteiger partial charge < -0.3 is 9.47 Å². The minimum atomic E-state index is -0.989. The molecule has 0 amide bonds. The lowest BCUT2D eigenvalue weighted by Gasteiger charge is -2.28. The van der Waals surface area contributed by atoms with E-state index in [4.69, 9.17) is 32.7 Å². The quantitative estimate of drug-likeness (QED) is 0.357. The maximum Gasteiger partial charge on any atom is 0.310 e. The molecule has 3 aliphatic rings. The number of hydrogen-bond donors (Lipinski definition) is 0. The van der Waals surface area contributed by atoms with E-state index in [-0.39, 0.29) is 46.8 Å². The molecule has 2 bridgehead atoms. The molecule has 0 spiro atoms. The third-order valence-corrected chi connectivity index (χ3v) is 7.52. The Hall–Kier alpha value is -1.11. The van der Waals surface area contributed by atoms with Gasteiger partial charge in [0.2, 0.25) is 5.78 Å². The second kappa shape index (κ2) is 7.37. The lowest BCUT2D eigenvalue weighted by molar-refractivity contribution is -0.158. The van der Waals surface area contributed by atoms with Crippen molar-refractivity contribution in [2.45, 2.75) is 29.9 Å². The number of carbonyl (C=O) groups excluding carboxylic acids is 3. The van der Waals surface area contributed by atoms with Gasteiger partial charge in [-0.3, -0.25) is 14.4 Å². The highest BCUT2D eigenvalue weighted by atomic mass is 79.9. The number of ketones is 1. The summed E-state index contributed by atoms with van der Waals surface area (Å²) in [5, 5.41) is 0.511. The van der Waals surface area contributed by atoms with Crippen LogP contribution in [0.2, 0.25) is 5.02 Å². The van der Waals surface area contributed by atoms with E-state index in [1.54, 1.807) is 24.3 Å². The first-order valence-electron chi connectivity index (χ1n) is 8.83. The first-order valence-corrected chi connectivity index (χ1v) is 10.7. The van der Waals surface area contributed by atoms with Crippen LogP contribution in [-0.2, 0) is 19.1 Å². The molecule has 0 N–H and O–H groups in total. The van der Waals surface area contributed by atoms with Crippen molar-refractivity contribution in [3.8, 4) is 0 Å². The van der Waals surface area contributed by atoms with E-state index in [1.165, 1.54) is 0 Å². The lowest BCUT2D eigenvalue weighted by atomic mass is 9.80. The van der Waals surface area contributed by atoms with Crippen molar-refractivity contribution < 1.29 is 23.9 Å². The molecule has 7 atom stereocenters. The Morgan fingerprint density at radius 2 is 1.96 bits per heavy atom. The van der Waals surface area contributed by atoms with Crippen LogP contribution in [0.5, 0.6) is 0 Å². The normalized spacial score (nSPS) is 34.4. The number of benzene rings is 1. The van der Waals surface area contributed by atoms with Gasteiger partial charge in [-0.2, -0.15) is 0 Å². The summed E-state index contributed by atoms with van der Waals surface area (Å²) in [4.78, 5) is 37.8. The van der Waals surface area contributed by atoms with Gasteiger partial charge >= 0.3 is 11.9 Å². The van der Waals surface area contributed by atoms with E-state index in [2.05, 4.69) is 15.9 Å². The second-order valence-electron chi connectivity index (χ2n) is 7.24. The summed E-state index contributed by atoms with van der Waals surface area (Å²) >= 11 is 15.3. The Labute approximate surface area is 174 Å². The van der Waals surface area contributed by atoms with E-state index < -0.39 is 23.9 Å². The molecule has 144 valence electrons. The number of rotatable bonds is 6. The van der Waals surface area contributed by atoms with Gasteiger partial charge in [0.05, 0.1) is 16.7 Å². The van der Waals surface area contributed by atoms with Crippen molar-refractivity contribution in [3.63, 3.8) is 0 Å². The van der Waals surface area contributed by atoms with E-state index in [1.807, 2.05) is 0 Å². The molecule has 27 heavy (non-hydrogen) atoms. The van der Waals surface area contributed by atoms with Gasteiger partial charge in [-0.05, 0) is 36.6 Å². The zero-order chi connectivity index (χ0) is 19.3. The fourth-order valence-corrected chi connectivity index (χ4v) is 6.02. The fraction of sp³-hybridized carbons (Fsp3) is 0.526. The number of Topliss-reactive ketones (excluding diaryl/α,β-unsaturated/α-hetero) is 1.